The van der Waals surface area contributed by atoms with E-state index in [0.717, 1.165) is 70.9 Å². The van der Waals surface area contributed by atoms with E-state index >= 15 is 0 Å². The minimum absolute atomic E-state index is 0.0108. The average Bonchev–Trinajstić information content (AvgIpc) is 3.27. The van der Waals surface area contributed by atoms with Crippen molar-refractivity contribution in [1.29, 1.82) is 0 Å². The number of anilines is 2. The molecule has 3 atom stereocenters. The molecule has 2 heterocycles. The molecule has 1 fully saturated rings. The van der Waals surface area contributed by atoms with Crippen LogP contribution in [-0.4, -0.2) is 55.2 Å². The maximum atomic E-state index is 12.8. The van der Waals surface area contributed by atoms with Gasteiger partial charge in [-0.25, -0.2) is 0 Å². The van der Waals surface area contributed by atoms with Crippen LogP contribution in [0.5, 0.6) is 11.5 Å². The third kappa shape index (κ3) is 10.7. The largest absolute Gasteiger partial charge is 0.493 e. The number of carbonyl (C=O) groups excluding carboxylic acids is 2. The van der Waals surface area contributed by atoms with E-state index in [4.69, 9.17) is 24.7 Å². The first-order valence-corrected chi connectivity index (χ1v) is 20.4. The van der Waals surface area contributed by atoms with Crippen LogP contribution in [0.15, 0.2) is 109 Å². The molecule has 0 bridgehead atoms. The van der Waals surface area contributed by atoms with Crippen molar-refractivity contribution >= 4 is 23.2 Å². The van der Waals surface area contributed by atoms with Gasteiger partial charge < -0.3 is 40.4 Å². The van der Waals surface area contributed by atoms with Gasteiger partial charge in [0.05, 0.1) is 44.4 Å². The number of unbranched alkanes of at least 4 members (excludes halogenated alkanes) is 1. The number of nitrogens with one attached hydrogen (secondary N) is 2. The molecule has 59 heavy (non-hydrogen) atoms. The molecule has 0 aromatic heterocycles. The van der Waals surface area contributed by atoms with Gasteiger partial charge >= 0.3 is 0 Å². The summed E-state index contributed by atoms with van der Waals surface area (Å²) in [5.74, 6) is 1.31. The number of methoxy groups -OCH3 is 2. The molecule has 0 saturated carbocycles. The van der Waals surface area contributed by atoms with Gasteiger partial charge in [0.25, 0.3) is 0 Å². The van der Waals surface area contributed by atoms with Gasteiger partial charge in [0, 0.05) is 51.0 Å². The number of rotatable bonds is 16. The lowest BCUT2D eigenvalue weighted by atomic mass is 9.96. The fraction of sp³-hybridized carbons (Fsp3) is 0.333. The molecule has 3 unspecified atom stereocenters. The second-order valence-corrected chi connectivity index (χ2v) is 15.2. The maximum Gasteiger partial charge on any atom is 0.224 e. The summed E-state index contributed by atoms with van der Waals surface area (Å²) in [6.07, 6.45) is 2.59. The zero-order valence-corrected chi connectivity index (χ0v) is 33.8. The zero-order chi connectivity index (χ0) is 41.1. The number of benzene rings is 5. The number of hydrogen-bond acceptors (Lipinski definition) is 9. The van der Waals surface area contributed by atoms with Gasteiger partial charge in [0.2, 0.25) is 11.8 Å². The van der Waals surface area contributed by atoms with Crippen LogP contribution < -0.4 is 25.8 Å². The van der Waals surface area contributed by atoms with E-state index in [1.807, 2.05) is 54.6 Å². The number of fused-ring (bicyclic) bond motifs is 1. The molecule has 0 spiro atoms. The van der Waals surface area contributed by atoms with Gasteiger partial charge in [-0.1, -0.05) is 84.9 Å². The van der Waals surface area contributed by atoms with Crippen molar-refractivity contribution < 1.29 is 33.6 Å². The lowest BCUT2D eigenvalue weighted by Gasteiger charge is -2.39. The molecule has 2 aliphatic heterocycles. The van der Waals surface area contributed by atoms with Crippen LogP contribution in [-0.2, 0) is 45.2 Å². The lowest BCUT2D eigenvalue weighted by Crippen LogP contribution is -2.41. The minimum Gasteiger partial charge on any atom is -0.493 e. The summed E-state index contributed by atoms with van der Waals surface area (Å²) < 4.78 is 24.6. The Labute approximate surface area is 346 Å². The Morgan fingerprint density at radius 3 is 2.22 bits per heavy atom. The predicted octanol–water partition coefficient (Wildman–Crippen LogP) is 7.86. The zero-order valence-electron chi connectivity index (χ0n) is 33.8. The predicted molar refractivity (Wildman–Crippen MR) is 229 cm³/mol. The van der Waals surface area contributed by atoms with Crippen molar-refractivity contribution in [3.05, 3.63) is 143 Å². The molecule has 11 nitrogen and oxygen atoms in total. The maximum absolute atomic E-state index is 12.8. The Morgan fingerprint density at radius 1 is 0.814 bits per heavy atom. The molecular formula is C48H54N4O7. The smallest absolute Gasteiger partial charge is 0.224 e. The van der Waals surface area contributed by atoms with Crippen molar-refractivity contribution in [1.82, 2.24) is 10.2 Å². The normalized spacial score (nSPS) is 17.8. The Kier molecular flexibility index (Phi) is 13.9. The number of para-hydroxylation sites is 2. The van der Waals surface area contributed by atoms with Gasteiger partial charge in [-0.05, 0) is 82.5 Å². The van der Waals surface area contributed by atoms with Crippen molar-refractivity contribution in [3.8, 4) is 22.6 Å². The third-order valence-electron chi connectivity index (χ3n) is 11.2. The Balaban J connectivity index is 0.976. The van der Waals surface area contributed by atoms with Crippen molar-refractivity contribution in [2.75, 3.05) is 38.4 Å². The molecule has 0 aliphatic carbocycles. The summed E-state index contributed by atoms with van der Waals surface area (Å²) in [6, 6.07) is 35.6. The Hall–Kier alpha value is -5.72. The number of ether oxygens (including phenoxy) is 4. The summed E-state index contributed by atoms with van der Waals surface area (Å²) in [7, 11) is 3.34. The van der Waals surface area contributed by atoms with Crippen molar-refractivity contribution in [2.24, 2.45) is 0 Å². The number of amides is 2. The lowest BCUT2D eigenvalue weighted by molar-refractivity contribution is -0.253. The summed E-state index contributed by atoms with van der Waals surface area (Å²) in [5.41, 5.74) is 15.4. The van der Waals surface area contributed by atoms with E-state index in [0.29, 0.717) is 50.0 Å². The highest BCUT2D eigenvalue weighted by molar-refractivity contribution is 5.93. The van der Waals surface area contributed by atoms with Crippen LogP contribution in [0.1, 0.15) is 77.9 Å². The number of carbonyl (C=O) groups is 2. The van der Waals surface area contributed by atoms with Crippen LogP contribution in [0.2, 0.25) is 0 Å². The first-order chi connectivity index (χ1) is 28.8. The molecule has 308 valence electrons. The summed E-state index contributed by atoms with van der Waals surface area (Å²) in [5, 5.41) is 15.6. The first kappa shape index (κ1) is 41.4. The summed E-state index contributed by atoms with van der Waals surface area (Å²) in [6.45, 7) is 2.82. The molecule has 5 aromatic carbocycles. The Morgan fingerprint density at radius 2 is 1.49 bits per heavy atom. The van der Waals surface area contributed by atoms with Crippen molar-refractivity contribution in [3.63, 3.8) is 0 Å². The second kappa shape index (κ2) is 19.8. The number of aliphatic hydroxyl groups excluding tert-OH is 1. The number of nitrogen functional groups attached to an aromatic ring is 1. The quantitative estimate of drug-likeness (QED) is 0.0579. The molecule has 7 rings (SSSR count). The van der Waals surface area contributed by atoms with E-state index in [9.17, 15) is 14.7 Å². The Bertz CT molecular complexity index is 2190. The van der Waals surface area contributed by atoms with E-state index < -0.39 is 6.29 Å². The average molecular weight is 799 g/mol. The molecular weight excluding hydrogens is 745 g/mol. The fourth-order valence-electron chi connectivity index (χ4n) is 7.87. The number of aliphatic hydroxyl groups is 1. The van der Waals surface area contributed by atoms with Gasteiger partial charge in [-0.3, -0.25) is 14.5 Å². The van der Waals surface area contributed by atoms with E-state index in [1.54, 1.807) is 26.4 Å². The highest BCUT2D eigenvalue weighted by Crippen LogP contribution is 2.40. The van der Waals surface area contributed by atoms with Gasteiger partial charge in [0.1, 0.15) is 0 Å². The van der Waals surface area contributed by atoms with Gasteiger partial charge in [0.15, 0.2) is 17.8 Å². The molecule has 0 radical (unpaired) electrons. The van der Waals surface area contributed by atoms with E-state index in [-0.39, 0.29) is 30.6 Å². The first-order valence-electron chi connectivity index (χ1n) is 20.4. The van der Waals surface area contributed by atoms with Gasteiger partial charge in [-0.2, -0.15) is 0 Å². The third-order valence-corrected chi connectivity index (χ3v) is 11.2. The van der Waals surface area contributed by atoms with Crippen LogP contribution >= 0.6 is 0 Å². The molecule has 2 amide bonds. The highest BCUT2D eigenvalue weighted by atomic mass is 16.7. The SMILES string of the molecule is COc1cc2c(cc1OC)CN(CC1CC(c3ccc(CO)cc3)OC(c3ccc(-c4ccccc4CNC(=O)CCCCC(=O)Nc4ccccc4N)cc3)O1)CC2. The minimum atomic E-state index is -0.580. The molecule has 5 aromatic rings. The van der Waals surface area contributed by atoms with Crippen LogP contribution in [0.3, 0.4) is 0 Å². The van der Waals surface area contributed by atoms with Gasteiger partial charge in [-0.15, -0.1) is 0 Å². The molecule has 11 heteroatoms. The fourth-order valence-corrected chi connectivity index (χ4v) is 7.87. The molecule has 1 saturated heterocycles. The highest BCUT2D eigenvalue weighted by Gasteiger charge is 2.34. The molecule has 2 aliphatic rings. The number of nitrogens with two attached hydrogens (primary N) is 1. The van der Waals surface area contributed by atoms with Crippen LogP contribution in [0.4, 0.5) is 11.4 Å². The monoisotopic (exact) mass is 798 g/mol. The number of nitrogens with zero attached hydrogens (tertiary/aromatic N) is 1. The van der Waals surface area contributed by atoms with E-state index in [1.165, 1.54) is 11.1 Å². The van der Waals surface area contributed by atoms with E-state index in [2.05, 4.69) is 58.0 Å². The number of hydrogen-bond donors (Lipinski definition) is 4. The summed E-state index contributed by atoms with van der Waals surface area (Å²) in [4.78, 5) is 27.6. The molecule has 5 N–H and O–H groups in total. The second-order valence-electron chi connectivity index (χ2n) is 15.2. The summed E-state index contributed by atoms with van der Waals surface area (Å²) >= 11 is 0. The standard InChI is InChI=1S/C48H54N4O7/c1-56-44-25-36-23-24-52(29-38(36)26-45(44)57-2)30-39-27-43(34-17-15-32(31-53)16-18-34)59-48(58-39)35-21-19-33(20-22-35)40-10-4-3-9-37(40)28-50-46(54)13-7-8-14-47(55)51-42-12-6-5-11-41(42)49/h3-6,9-12,15-22,25-26,39,43,48,53H,7-8,13-14,23-24,27-31,49H2,1-2H3,(H,50,54)(H,51,55). The van der Waals surface area contributed by atoms with Crippen LogP contribution in [0.25, 0.3) is 11.1 Å². The van der Waals surface area contributed by atoms with Crippen LogP contribution in [0, 0.1) is 0 Å². The van der Waals surface area contributed by atoms with Crippen molar-refractivity contribution in [2.45, 2.75) is 76.7 Å². The topological polar surface area (TPSA) is 145 Å².